The van der Waals surface area contributed by atoms with Crippen molar-refractivity contribution in [1.29, 1.82) is 0 Å². The lowest BCUT2D eigenvalue weighted by Gasteiger charge is -2.27. The summed E-state index contributed by atoms with van der Waals surface area (Å²) < 4.78 is 3.07. The Morgan fingerprint density at radius 3 is 2.74 bits per heavy atom. The number of nitrogens with one attached hydrogen (secondary N) is 1. The minimum absolute atomic E-state index is 1.02. The molecule has 1 fully saturated rings. The molecule has 1 N–H and O–H groups in total. The van der Waals surface area contributed by atoms with Crippen LogP contribution in [0.25, 0.3) is 5.69 Å². The number of piperazine rings is 1. The Hall–Kier alpha value is -1.33. The van der Waals surface area contributed by atoms with E-state index in [9.17, 15) is 0 Å². The molecule has 0 saturated carbocycles. The van der Waals surface area contributed by atoms with Gasteiger partial charge in [0.2, 0.25) is 0 Å². The third kappa shape index (κ3) is 2.67. The van der Waals surface area contributed by atoms with Crippen LogP contribution in [-0.4, -0.2) is 36.0 Å². The van der Waals surface area contributed by atoms with Crippen molar-refractivity contribution in [1.82, 2.24) is 15.1 Å². The first-order valence-corrected chi connectivity index (χ1v) is 7.31. The van der Waals surface area contributed by atoms with Crippen LogP contribution in [0.15, 0.2) is 34.8 Å². The van der Waals surface area contributed by atoms with Gasteiger partial charge in [0.05, 0.1) is 5.69 Å². The second-order valence-electron chi connectivity index (χ2n) is 4.77. The third-order valence-corrected chi connectivity index (χ3v) is 3.86. The van der Waals surface area contributed by atoms with E-state index in [1.165, 1.54) is 0 Å². The number of halogens is 1. The van der Waals surface area contributed by atoms with Gasteiger partial charge in [0.15, 0.2) is 5.82 Å². The van der Waals surface area contributed by atoms with Gasteiger partial charge < -0.3 is 10.2 Å². The number of rotatable bonds is 2. The van der Waals surface area contributed by atoms with Crippen molar-refractivity contribution in [3.63, 3.8) is 0 Å². The molecule has 100 valence electrons. The Bertz CT molecular complexity index is 573. The van der Waals surface area contributed by atoms with Gasteiger partial charge in [0, 0.05) is 42.4 Å². The van der Waals surface area contributed by atoms with Crippen molar-refractivity contribution in [3.8, 4) is 5.69 Å². The van der Waals surface area contributed by atoms with Crippen molar-refractivity contribution in [2.24, 2.45) is 0 Å². The molecule has 1 aliphatic heterocycles. The van der Waals surface area contributed by atoms with Gasteiger partial charge in [0.1, 0.15) is 0 Å². The van der Waals surface area contributed by atoms with Crippen molar-refractivity contribution >= 4 is 21.7 Å². The highest BCUT2D eigenvalue weighted by Crippen LogP contribution is 2.21. The SMILES string of the molecule is Cc1cc(N2CCNCC2)nn1-c1cccc(Br)c1. The molecule has 0 aliphatic carbocycles. The number of nitrogens with zero attached hydrogens (tertiary/aromatic N) is 3. The predicted octanol–water partition coefficient (Wildman–Crippen LogP) is 2.35. The summed E-state index contributed by atoms with van der Waals surface area (Å²) in [6.45, 7) is 6.20. The first-order valence-electron chi connectivity index (χ1n) is 6.52. The largest absolute Gasteiger partial charge is 0.353 e. The Morgan fingerprint density at radius 1 is 1.21 bits per heavy atom. The fourth-order valence-electron chi connectivity index (χ4n) is 2.38. The van der Waals surface area contributed by atoms with E-state index in [1.807, 2.05) is 16.8 Å². The highest BCUT2D eigenvalue weighted by Gasteiger charge is 2.15. The standard InChI is InChI=1S/C14H17BrN4/c1-11-9-14(18-7-5-16-6-8-18)17-19(11)13-4-2-3-12(15)10-13/h2-4,9-10,16H,5-8H2,1H3. The quantitative estimate of drug-likeness (QED) is 0.922. The average Bonchev–Trinajstić information content (AvgIpc) is 2.82. The Kier molecular flexibility index (Phi) is 3.57. The van der Waals surface area contributed by atoms with Crippen LogP contribution in [-0.2, 0) is 0 Å². The lowest BCUT2D eigenvalue weighted by atomic mass is 10.3. The zero-order chi connectivity index (χ0) is 13.2. The monoisotopic (exact) mass is 320 g/mol. The van der Waals surface area contributed by atoms with E-state index in [2.05, 4.69) is 51.3 Å². The van der Waals surface area contributed by atoms with Gasteiger partial charge >= 0.3 is 0 Å². The molecule has 3 rings (SSSR count). The van der Waals surface area contributed by atoms with Gasteiger partial charge in [-0.25, -0.2) is 4.68 Å². The summed E-state index contributed by atoms with van der Waals surface area (Å²) in [6.07, 6.45) is 0. The molecule has 1 saturated heterocycles. The van der Waals surface area contributed by atoms with Crippen LogP contribution in [0.5, 0.6) is 0 Å². The van der Waals surface area contributed by atoms with Gasteiger partial charge in [-0.2, -0.15) is 5.10 Å². The highest BCUT2D eigenvalue weighted by molar-refractivity contribution is 9.10. The van der Waals surface area contributed by atoms with Crippen molar-refractivity contribution in [3.05, 3.63) is 40.5 Å². The maximum absolute atomic E-state index is 4.74. The molecule has 0 spiro atoms. The average molecular weight is 321 g/mol. The lowest BCUT2D eigenvalue weighted by molar-refractivity contribution is 0.583. The van der Waals surface area contributed by atoms with Crippen molar-refractivity contribution in [2.45, 2.75) is 6.92 Å². The highest BCUT2D eigenvalue weighted by atomic mass is 79.9. The molecule has 2 aromatic rings. The van der Waals surface area contributed by atoms with E-state index in [1.54, 1.807) is 0 Å². The molecule has 1 aliphatic rings. The van der Waals surface area contributed by atoms with E-state index in [0.29, 0.717) is 0 Å². The molecule has 0 bridgehead atoms. The number of aromatic nitrogens is 2. The fourth-order valence-corrected chi connectivity index (χ4v) is 2.76. The van der Waals surface area contributed by atoms with Crippen LogP contribution in [0.4, 0.5) is 5.82 Å². The second-order valence-corrected chi connectivity index (χ2v) is 5.69. The molecule has 0 unspecified atom stereocenters. The lowest BCUT2D eigenvalue weighted by Crippen LogP contribution is -2.43. The van der Waals surface area contributed by atoms with E-state index < -0.39 is 0 Å². The smallest absolute Gasteiger partial charge is 0.151 e. The molecule has 19 heavy (non-hydrogen) atoms. The first-order chi connectivity index (χ1) is 9.24. The number of hydrogen-bond acceptors (Lipinski definition) is 3. The maximum Gasteiger partial charge on any atom is 0.151 e. The predicted molar refractivity (Wildman–Crippen MR) is 81.1 cm³/mol. The van der Waals surface area contributed by atoms with Crippen LogP contribution in [0.3, 0.4) is 0 Å². The normalized spacial score (nSPS) is 15.8. The molecule has 0 atom stereocenters. The molecule has 0 radical (unpaired) electrons. The minimum atomic E-state index is 1.02. The summed E-state index contributed by atoms with van der Waals surface area (Å²) in [4.78, 5) is 2.33. The van der Waals surface area contributed by atoms with E-state index in [0.717, 1.165) is 47.9 Å². The van der Waals surface area contributed by atoms with Crippen LogP contribution in [0, 0.1) is 6.92 Å². The van der Waals surface area contributed by atoms with Gasteiger partial charge in [-0.3, -0.25) is 0 Å². The summed E-state index contributed by atoms with van der Waals surface area (Å²) >= 11 is 3.51. The summed E-state index contributed by atoms with van der Waals surface area (Å²) in [5.41, 5.74) is 2.25. The number of aryl methyl sites for hydroxylation is 1. The number of anilines is 1. The third-order valence-electron chi connectivity index (χ3n) is 3.37. The topological polar surface area (TPSA) is 33.1 Å². The van der Waals surface area contributed by atoms with Crippen LogP contribution < -0.4 is 10.2 Å². The van der Waals surface area contributed by atoms with E-state index in [-0.39, 0.29) is 0 Å². The molecular formula is C14H17BrN4. The first kappa shape index (κ1) is 12.7. The number of hydrogen-bond donors (Lipinski definition) is 1. The fraction of sp³-hybridized carbons (Fsp3) is 0.357. The molecule has 0 amide bonds. The zero-order valence-electron chi connectivity index (χ0n) is 10.9. The Labute approximate surface area is 121 Å². The Balaban J connectivity index is 1.92. The summed E-state index contributed by atoms with van der Waals surface area (Å²) in [7, 11) is 0. The van der Waals surface area contributed by atoms with E-state index >= 15 is 0 Å². The zero-order valence-corrected chi connectivity index (χ0v) is 12.5. The van der Waals surface area contributed by atoms with Crippen molar-refractivity contribution < 1.29 is 0 Å². The summed E-state index contributed by atoms with van der Waals surface area (Å²) in [5.74, 6) is 1.07. The molecule has 5 heteroatoms. The Morgan fingerprint density at radius 2 is 2.00 bits per heavy atom. The molecular weight excluding hydrogens is 304 g/mol. The van der Waals surface area contributed by atoms with Crippen LogP contribution >= 0.6 is 15.9 Å². The molecule has 4 nitrogen and oxygen atoms in total. The van der Waals surface area contributed by atoms with Gasteiger partial charge in [-0.1, -0.05) is 22.0 Å². The van der Waals surface area contributed by atoms with Crippen LogP contribution in [0.1, 0.15) is 5.69 Å². The maximum atomic E-state index is 4.74. The van der Waals surface area contributed by atoms with Gasteiger partial charge in [0.25, 0.3) is 0 Å². The second kappa shape index (κ2) is 5.35. The van der Waals surface area contributed by atoms with Gasteiger partial charge in [-0.15, -0.1) is 0 Å². The molecule has 1 aromatic carbocycles. The van der Waals surface area contributed by atoms with Crippen molar-refractivity contribution in [2.75, 3.05) is 31.1 Å². The van der Waals surface area contributed by atoms with Gasteiger partial charge in [-0.05, 0) is 25.1 Å². The summed E-state index contributed by atoms with van der Waals surface area (Å²) in [5, 5.41) is 8.10. The molecule has 2 heterocycles. The van der Waals surface area contributed by atoms with Crippen LogP contribution in [0.2, 0.25) is 0 Å². The molecule has 1 aromatic heterocycles. The number of benzene rings is 1. The van der Waals surface area contributed by atoms with E-state index in [4.69, 9.17) is 5.10 Å². The summed E-state index contributed by atoms with van der Waals surface area (Å²) in [6, 6.07) is 10.4. The minimum Gasteiger partial charge on any atom is -0.353 e.